The van der Waals surface area contributed by atoms with Crippen molar-refractivity contribution in [1.29, 1.82) is 0 Å². The van der Waals surface area contributed by atoms with Crippen molar-refractivity contribution in [3.63, 3.8) is 0 Å². The molecule has 22 heavy (non-hydrogen) atoms. The average Bonchev–Trinajstić information content (AvgIpc) is 2.57. The molecule has 0 saturated heterocycles. The Bertz CT molecular complexity index is 838. The van der Waals surface area contributed by atoms with E-state index in [0.717, 1.165) is 27.8 Å². The second-order valence-electron chi connectivity index (χ2n) is 4.80. The van der Waals surface area contributed by atoms with Crippen molar-refractivity contribution in [3.05, 3.63) is 64.9 Å². The zero-order valence-electron chi connectivity index (χ0n) is 11.8. The first kappa shape index (κ1) is 14.4. The SMILES string of the molecule is C#CCOc1ccc(Cc2nnc(Cl)c3ccccc23)cc1. The first-order chi connectivity index (χ1) is 10.8. The van der Waals surface area contributed by atoms with Gasteiger partial charge in [0, 0.05) is 17.2 Å². The van der Waals surface area contributed by atoms with Gasteiger partial charge in [-0.2, -0.15) is 5.10 Å². The van der Waals surface area contributed by atoms with E-state index in [1.165, 1.54) is 0 Å². The van der Waals surface area contributed by atoms with Gasteiger partial charge in [0.2, 0.25) is 0 Å². The molecule has 0 fully saturated rings. The van der Waals surface area contributed by atoms with E-state index in [4.69, 9.17) is 22.8 Å². The average molecular weight is 309 g/mol. The fourth-order valence-corrected chi connectivity index (χ4v) is 2.48. The van der Waals surface area contributed by atoms with E-state index in [0.29, 0.717) is 11.6 Å². The van der Waals surface area contributed by atoms with Gasteiger partial charge >= 0.3 is 0 Å². The van der Waals surface area contributed by atoms with Gasteiger partial charge in [-0.3, -0.25) is 0 Å². The third kappa shape index (κ3) is 3.03. The van der Waals surface area contributed by atoms with E-state index >= 15 is 0 Å². The predicted octanol–water partition coefficient (Wildman–Crippen LogP) is 3.89. The zero-order chi connectivity index (χ0) is 15.4. The predicted molar refractivity (Wildman–Crippen MR) is 88.1 cm³/mol. The van der Waals surface area contributed by atoms with Gasteiger partial charge in [0.15, 0.2) is 5.15 Å². The van der Waals surface area contributed by atoms with Crippen molar-refractivity contribution in [2.75, 3.05) is 6.61 Å². The molecule has 3 nitrogen and oxygen atoms in total. The molecule has 0 unspecified atom stereocenters. The van der Waals surface area contributed by atoms with Crippen LogP contribution in [0.15, 0.2) is 48.5 Å². The van der Waals surface area contributed by atoms with E-state index in [1.807, 2.05) is 48.5 Å². The largest absolute Gasteiger partial charge is 0.481 e. The molecule has 108 valence electrons. The van der Waals surface area contributed by atoms with E-state index in [-0.39, 0.29) is 6.61 Å². The summed E-state index contributed by atoms with van der Waals surface area (Å²) in [6, 6.07) is 15.7. The Hall–Kier alpha value is -2.57. The molecule has 0 atom stereocenters. The third-order valence-electron chi connectivity index (χ3n) is 3.34. The second-order valence-corrected chi connectivity index (χ2v) is 5.15. The van der Waals surface area contributed by atoms with E-state index in [9.17, 15) is 0 Å². The molecule has 0 bridgehead atoms. The third-order valence-corrected chi connectivity index (χ3v) is 3.62. The van der Waals surface area contributed by atoms with Gasteiger partial charge in [-0.25, -0.2) is 0 Å². The normalized spacial score (nSPS) is 10.4. The van der Waals surface area contributed by atoms with Crippen molar-refractivity contribution in [3.8, 4) is 18.1 Å². The Balaban J connectivity index is 1.87. The van der Waals surface area contributed by atoms with Crippen LogP contribution in [-0.4, -0.2) is 16.8 Å². The maximum atomic E-state index is 6.10. The molecule has 3 aromatic rings. The number of benzene rings is 2. The fraction of sp³-hybridized carbons (Fsp3) is 0.111. The Kier molecular flexibility index (Phi) is 4.22. The Morgan fingerprint density at radius 1 is 1.00 bits per heavy atom. The summed E-state index contributed by atoms with van der Waals surface area (Å²) in [7, 11) is 0. The maximum absolute atomic E-state index is 6.10. The fourth-order valence-electron chi connectivity index (χ4n) is 2.28. The van der Waals surface area contributed by atoms with Crippen LogP contribution in [0.4, 0.5) is 0 Å². The molecule has 0 aliphatic heterocycles. The number of halogens is 1. The molecule has 2 aromatic carbocycles. The molecule has 0 N–H and O–H groups in total. The molecular formula is C18H13ClN2O. The van der Waals surface area contributed by atoms with Gasteiger partial charge in [-0.05, 0) is 17.7 Å². The molecule has 0 aliphatic carbocycles. The highest BCUT2D eigenvalue weighted by molar-refractivity contribution is 6.34. The smallest absolute Gasteiger partial charge is 0.159 e. The summed E-state index contributed by atoms with van der Waals surface area (Å²) in [5.41, 5.74) is 2.02. The molecular weight excluding hydrogens is 296 g/mol. The standard InChI is InChI=1S/C18H13ClN2O/c1-2-11-22-14-9-7-13(8-10-14)12-17-15-5-3-4-6-16(15)18(19)21-20-17/h1,3-10H,11-12H2. The number of hydrogen-bond donors (Lipinski definition) is 0. The first-order valence-electron chi connectivity index (χ1n) is 6.83. The molecule has 0 aliphatic rings. The minimum Gasteiger partial charge on any atom is -0.481 e. The van der Waals surface area contributed by atoms with Crippen LogP contribution in [-0.2, 0) is 6.42 Å². The molecule has 3 rings (SSSR count). The summed E-state index contributed by atoms with van der Waals surface area (Å²) >= 11 is 6.10. The summed E-state index contributed by atoms with van der Waals surface area (Å²) in [4.78, 5) is 0. The number of hydrogen-bond acceptors (Lipinski definition) is 3. The Morgan fingerprint density at radius 3 is 2.45 bits per heavy atom. The molecule has 0 amide bonds. The second kappa shape index (κ2) is 6.46. The lowest BCUT2D eigenvalue weighted by atomic mass is 10.0. The molecule has 1 heterocycles. The maximum Gasteiger partial charge on any atom is 0.159 e. The van der Waals surface area contributed by atoms with Gasteiger partial charge in [0.25, 0.3) is 0 Å². The van der Waals surface area contributed by atoms with Crippen LogP contribution < -0.4 is 4.74 Å². The quantitative estimate of drug-likeness (QED) is 0.686. The van der Waals surface area contributed by atoms with Gasteiger partial charge in [0.1, 0.15) is 12.4 Å². The number of nitrogens with zero attached hydrogens (tertiary/aromatic N) is 2. The lowest BCUT2D eigenvalue weighted by Gasteiger charge is -2.07. The molecule has 0 radical (unpaired) electrons. The zero-order valence-corrected chi connectivity index (χ0v) is 12.5. The van der Waals surface area contributed by atoms with Crippen LogP contribution in [0, 0.1) is 12.3 Å². The summed E-state index contributed by atoms with van der Waals surface area (Å²) in [5, 5.41) is 10.6. The van der Waals surface area contributed by atoms with Gasteiger partial charge in [0.05, 0.1) is 5.69 Å². The molecule has 1 aromatic heterocycles. The lowest BCUT2D eigenvalue weighted by Crippen LogP contribution is -1.98. The highest BCUT2D eigenvalue weighted by Crippen LogP contribution is 2.24. The van der Waals surface area contributed by atoms with Crippen molar-refractivity contribution >= 4 is 22.4 Å². The van der Waals surface area contributed by atoms with Crippen LogP contribution in [0.5, 0.6) is 5.75 Å². The topological polar surface area (TPSA) is 35.0 Å². The number of fused-ring (bicyclic) bond motifs is 1. The highest BCUT2D eigenvalue weighted by atomic mass is 35.5. The number of rotatable bonds is 4. The summed E-state index contributed by atoms with van der Waals surface area (Å²) in [6.45, 7) is 0.270. The van der Waals surface area contributed by atoms with Crippen LogP contribution in [0.3, 0.4) is 0 Å². The van der Waals surface area contributed by atoms with E-state index in [1.54, 1.807) is 0 Å². The van der Waals surface area contributed by atoms with Crippen LogP contribution in [0.1, 0.15) is 11.3 Å². The number of terminal acetylenes is 1. The van der Waals surface area contributed by atoms with Gasteiger partial charge < -0.3 is 4.74 Å². The van der Waals surface area contributed by atoms with Crippen molar-refractivity contribution in [2.24, 2.45) is 0 Å². The summed E-state index contributed by atoms with van der Waals surface area (Å²) in [6.07, 6.45) is 5.85. The molecule has 4 heteroatoms. The number of aromatic nitrogens is 2. The minimum atomic E-state index is 0.270. The van der Waals surface area contributed by atoms with E-state index < -0.39 is 0 Å². The van der Waals surface area contributed by atoms with Gasteiger partial charge in [-0.1, -0.05) is 53.9 Å². The highest BCUT2D eigenvalue weighted by Gasteiger charge is 2.08. The van der Waals surface area contributed by atoms with Crippen molar-refractivity contribution < 1.29 is 4.74 Å². The van der Waals surface area contributed by atoms with Crippen molar-refractivity contribution in [2.45, 2.75) is 6.42 Å². The summed E-state index contributed by atoms with van der Waals surface area (Å²) < 4.78 is 5.36. The van der Waals surface area contributed by atoms with E-state index in [2.05, 4.69) is 16.1 Å². The summed E-state index contributed by atoms with van der Waals surface area (Å²) in [5.74, 6) is 3.20. The molecule has 0 saturated carbocycles. The Labute approximate surface area is 133 Å². The minimum absolute atomic E-state index is 0.270. The molecule has 0 spiro atoms. The first-order valence-corrected chi connectivity index (χ1v) is 7.21. The lowest BCUT2D eigenvalue weighted by molar-refractivity contribution is 0.370. The van der Waals surface area contributed by atoms with Crippen molar-refractivity contribution in [1.82, 2.24) is 10.2 Å². The van der Waals surface area contributed by atoms with Crippen LogP contribution in [0.2, 0.25) is 5.15 Å². The Morgan fingerprint density at radius 2 is 1.73 bits per heavy atom. The van der Waals surface area contributed by atoms with Crippen LogP contribution in [0.25, 0.3) is 10.8 Å². The monoisotopic (exact) mass is 308 g/mol. The number of ether oxygens (including phenoxy) is 1. The van der Waals surface area contributed by atoms with Gasteiger partial charge in [-0.15, -0.1) is 11.5 Å². The van der Waals surface area contributed by atoms with Crippen LogP contribution >= 0.6 is 11.6 Å².